The van der Waals surface area contributed by atoms with Gasteiger partial charge in [-0.1, -0.05) is 5.21 Å². The Balaban J connectivity index is 1.51. The Kier molecular flexibility index (Phi) is 4.52. The summed E-state index contributed by atoms with van der Waals surface area (Å²) in [5, 5.41) is 17.1. The number of pyridine rings is 1. The predicted octanol–water partition coefficient (Wildman–Crippen LogP) is 1.85. The maximum atomic E-state index is 12.0. The van der Waals surface area contributed by atoms with Gasteiger partial charge in [0.15, 0.2) is 5.69 Å². The average Bonchev–Trinajstić information content (AvgIpc) is 3.01. The quantitative estimate of drug-likeness (QED) is 0.748. The number of rotatable bonds is 6. The van der Waals surface area contributed by atoms with Crippen LogP contribution in [0.2, 0.25) is 0 Å². The zero-order valence-electron chi connectivity index (χ0n) is 16.0. The molecule has 4 atom stereocenters. The van der Waals surface area contributed by atoms with Gasteiger partial charge in [0.05, 0.1) is 23.9 Å². The van der Waals surface area contributed by atoms with Crippen LogP contribution in [0.25, 0.3) is 11.4 Å². The van der Waals surface area contributed by atoms with E-state index in [-0.39, 0.29) is 35.3 Å². The zero-order valence-corrected chi connectivity index (χ0v) is 16.0. The second-order valence-electron chi connectivity index (χ2n) is 7.25. The van der Waals surface area contributed by atoms with Crippen molar-refractivity contribution in [3.8, 4) is 17.1 Å². The molecule has 0 bridgehead atoms. The van der Waals surface area contributed by atoms with Gasteiger partial charge in [0, 0.05) is 13.0 Å². The van der Waals surface area contributed by atoms with Crippen molar-refractivity contribution in [1.82, 2.24) is 20.0 Å². The Labute approximate surface area is 161 Å². The van der Waals surface area contributed by atoms with Gasteiger partial charge in [-0.25, -0.2) is 14.5 Å². The van der Waals surface area contributed by atoms with Crippen molar-refractivity contribution in [3.63, 3.8) is 0 Å². The summed E-state index contributed by atoms with van der Waals surface area (Å²) < 4.78 is 12.5. The molecule has 28 heavy (non-hydrogen) atoms. The van der Waals surface area contributed by atoms with Crippen LogP contribution in [0, 0.1) is 24.7 Å². The minimum atomic E-state index is -1.11. The molecule has 2 aliphatic rings. The number of esters is 1. The van der Waals surface area contributed by atoms with Crippen molar-refractivity contribution < 1.29 is 24.2 Å². The number of hydrogen-bond acceptors (Lipinski definition) is 7. The first-order valence-corrected chi connectivity index (χ1v) is 9.36. The summed E-state index contributed by atoms with van der Waals surface area (Å²) in [5.74, 6) is -0.0995. The fourth-order valence-corrected chi connectivity index (χ4v) is 4.27. The Morgan fingerprint density at radius 3 is 2.79 bits per heavy atom. The molecule has 2 heterocycles. The highest BCUT2D eigenvalue weighted by Gasteiger charge is 2.63. The predicted molar refractivity (Wildman–Crippen MR) is 96.7 cm³/mol. The van der Waals surface area contributed by atoms with Crippen molar-refractivity contribution in [2.45, 2.75) is 32.8 Å². The lowest BCUT2D eigenvalue weighted by molar-refractivity contribution is -0.146. The van der Waals surface area contributed by atoms with Gasteiger partial charge in [-0.3, -0.25) is 4.79 Å². The summed E-state index contributed by atoms with van der Waals surface area (Å²) in [6, 6.07) is 3.45. The van der Waals surface area contributed by atoms with Crippen molar-refractivity contribution in [2.75, 3.05) is 6.61 Å². The van der Waals surface area contributed by atoms with Crippen LogP contribution in [-0.2, 0) is 16.6 Å². The zero-order chi connectivity index (χ0) is 20.0. The van der Waals surface area contributed by atoms with Crippen LogP contribution in [0.5, 0.6) is 5.75 Å². The van der Waals surface area contributed by atoms with Gasteiger partial charge in [-0.15, -0.1) is 5.10 Å². The van der Waals surface area contributed by atoms with Gasteiger partial charge in [-0.2, -0.15) is 0 Å². The van der Waals surface area contributed by atoms with E-state index in [1.165, 1.54) is 11.7 Å². The van der Waals surface area contributed by atoms with Crippen LogP contribution in [0.1, 0.15) is 35.9 Å². The lowest BCUT2D eigenvalue weighted by atomic mass is 10.1. The molecule has 0 aliphatic heterocycles. The summed E-state index contributed by atoms with van der Waals surface area (Å²) >= 11 is 0. The third-order valence-corrected chi connectivity index (χ3v) is 5.59. The number of aryl methyl sites for hydroxylation is 2. The molecular weight excluding hydrogens is 364 g/mol. The number of hydrogen-bond donors (Lipinski definition) is 1. The van der Waals surface area contributed by atoms with Gasteiger partial charge in [0.2, 0.25) is 0 Å². The van der Waals surface area contributed by atoms with Gasteiger partial charge in [-0.05, 0) is 44.7 Å². The molecule has 9 heteroatoms. The fraction of sp³-hybridized carbons (Fsp3) is 0.526. The standard InChI is InChI=1S/C19H22N4O5/c1-4-27-19(26)15-10-5-7-13(14(10)15)28-12-8-6-11(20-9(12)2)16-17(18(24)25)23(3)22-21-16/h6,8,10,13-15H,4-5,7H2,1-3H3,(H,24,25)/t10-,13-,14-,15-/m1/s1. The summed E-state index contributed by atoms with van der Waals surface area (Å²) in [6.07, 6.45) is 1.84. The third-order valence-electron chi connectivity index (χ3n) is 5.59. The molecule has 0 unspecified atom stereocenters. The molecule has 9 nitrogen and oxygen atoms in total. The number of fused-ring (bicyclic) bond motifs is 1. The summed E-state index contributed by atoms with van der Waals surface area (Å²) in [4.78, 5) is 27.9. The van der Waals surface area contributed by atoms with Crippen molar-refractivity contribution in [2.24, 2.45) is 24.8 Å². The van der Waals surface area contributed by atoms with Gasteiger partial charge < -0.3 is 14.6 Å². The van der Waals surface area contributed by atoms with E-state index in [2.05, 4.69) is 15.3 Å². The molecule has 2 aromatic rings. The van der Waals surface area contributed by atoms with Crippen LogP contribution in [0.3, 0.4) is 0 Å². The molecule has 148 valence electrons. The van der Waals surface area contributed by atoms with Crippen molar-refractivity contribution in [1.29, 1.82) is 0 Å². The molecule has 0 amide bonds. The number of carbonyl (C=O) groups is 2. The number of carboxylic acids is 1. The van der Waals surface area contributed by atoms with Crippen molar-refractivity contribution in [3.05, 3.63) is 23.5 Å². The van der Waals surface area contributed by atoms with Gasteiger partial charge >= 0.3 is 11.9 Å². The van der Waals surface area contributed by atoms with Crippen molar-refractivity contribution >= 4 is 11.9 Å². The van der Waals surface area contributed by atoms with E-state index in [1.807, 2.05) is 6.92 Å². The third kappa shape index (κ3) is 3.00. The SMILES string of the molecule is CCOC(=O)[C@@H]1[C@@H]2CC[C@@H](Oc3ccc(-c4nnn(C)c4C(=O)O)nc3C)[C@@H]21. The first kappa shape index (κ1) is 18.4. The van der Waals surface area contributed by atoms with E-state index < -0.39 is 5.97 Å². The molecule has 0 radical (unpaired) electrons. The first-order valence-electron chi connectivity index (χ1n) is 9.36. The molecule has 1 N–H and O–H groups in total. The lowest BCUT2D eigenvalue weighted by Gasteiger charge is -2.18. The highest BCUT2D eigenvalue weighted by Crippen LogP contribution is 2.59. The molecule has 2 saturated carbocycles. The van der Waals surface area contributed by atoms with E-state index >= 15 is 0 Å². The van der Waals surface area contributed by atoms with Crippen LogP contribution >= 0.6 is 0 Å². The van der Waals surface area contributed by atoms with Crippen LogP contribution in [0.4, 0.5) is 0 Å². The molecule has 4 rings (SSSR count). The van der Waals surface area contributed by atoms with E-state index in [1.54, 1.807) is 19.1 Å². The number of ether oxygens (including phenoxy) is 2. The Morgan fingerprint density at radius 2 is 2.11 bits per heavy atom. The number of carboxylic acid groups (broad SMARTS) is 1. The molecule has 2 aromatic heterocycles. The first-order chi connectivity index (χ1) is 13.4. The second kappa shape index (κ2) is 6.88. The highest BCUT2D eigenvalue weighted by atomic mass is 16.5. The van der Waals surface area contributed by atoms with Crippen LogP contribution < -0.4 is 4.74 Å². The molecular formula is C19H22N4O5. The summed E-state index contributed by atoms with van der Waals surface area (Å²) in [6.45, 7) is 4.01. The normalized spacial score (nSPS) is 25.2. The largest absolute Gasteiger partial charge is 0.488 e. The lowest BCUT2D eigenvalue weighted by Crippen LogP contribution is -2.21. The monoisotopic (exact) mass is 386 g/mol. The molecule has 2 aliphatic carbocycles. The Hall–Kier alpha value is -2.97. The number of aromatic carboxylic acids is 1. The van der Waals surface area contributed by atoms with E-state index in [4.69, 9.17) is 9.47 Å². The van der Waals surface area contributed by atoms with Gasteiger partial charge in [0.25, 0.3) is 0 Å². The van der Waals surface area contributed by atoms with Crippen LogP contribution in [-0.4, -0.2) is 49.7 Å². The molecule has 0 spiro atoms. The number of aromatic nitrogens is 4. The van der Waals surface area contributed by atoms with E-state index in [0.717, 1.165) is 12.8 Å². The average molecular weight is 386 g/mol. The number of carbonyl (C=O) groups excluding carboxylic acids is 1. The maximum Gasteiger partial charge on any atom is 0.356 e. The minimum Gasteiger partial charge on any atom is -0.488 e. The topological polar surface area (TPSA) is 116 Å². The maximum absolute atomic E-state index is 12.0. The Morgan fingerprint density at radius 1 is 1.32 bits per heavy atom. The van der Waals surface area contributed by atoms with Gasteiger partial charge in [0.1, 0.15) is 17.5 Å². The summed E-state index contributed by atoms with van der Waals surface area (Å²) in [5.41, 5.74) is 1.26. The van der Waals surface area contributed by atoms with E-state index in [9.17, 15) is 14.7 Å². The Bertz CT molecular complexity index is 940. The second-order valence-corrected chi connectivity index (χ2v) is 7.25. The minimum absolute atomic E-state index is 0.0190. The highest BCUT2D eigenvalue weighted by molar-refractivity contribution is 5.92. The molecule has 0 aromatic carbocycles. The summed E-state index contributed by atoms with van der Waals surface area (Å²) in [7, 11) is 1.52. The fourth-order valence-electron chi connectivity index (χ4n) is 4.27. The van der Waals surface area contributed by atoms with Crippen LogP contribution in [0.15, 0.2) is 12.1 Å². The smallest absolute Gasteiger partial charge is 0.356 e. The van der Waals surface area contributed by atoms with E-state index in [0.29, 0.717) is 29.7 Å². The molecule has 0 saturated heterocycles. The number of nitrogens with zero attached hydrogens (tertiary/aromatic N) is 4. The molecule has 2 fully saturated rings.